The van der Waals surface area contributed by atoms with Crippen LogP contribution < -0.4 is 59.1 Å². The first-order valence-corrected chi connectivity index (χ1v) is 31.4. The molecule has 11 heterocycles. The monoisotopic (exact) mass is 1220 g/mol. The summed E-state index contributed by atoms with van der Waals surface area (Å²) in [6, 6.07) is 0. The summed E-state index contributed by atoms with van der Waals surface area (Å²) in [6.45, 7) is 22.8. The molecule has 26 heteroatoms. The van der Waals surface area contributed by atoms with Crippen LogP contribution in [0.5, 0.6) is 0 Å². The molecule has 0 aliphatic carbocycles. The van der Waals surface area contributed by atoms with Crippen molar-refractivity contribution >= 4 is 20.8 Å². The van der Waals surface area contributed by atoms with Crippen LogP contribution in [0, 0.1) is 5.92 Å². The van der Waals surface area contributed by atoms with Crippen molar-refractivity contribution in [1.29, 1.82) is 0 Å². The summed E-state index contributed by atoms with van der Waals surface area (Å²) in [6.07, 6.45) is -0.941. The van der Waals surface area contributed by atoms with Crippen LogP contribution in [-0.2, 0) is 81.3 Å². The van der Waals surface area contributed by atoms with E-state index in [0.29, 0.717) is 75.4 Å². The number of hydrogen-bond acceptors (Lipinski definition) is 22. The van der Waals surface area contributed by atoms with Crippen molar-refractivity contribution in [3.63, 3.8) is 0 Å². The van der Waals surface area contributed by atoms with E-state index in [0.717, 1.165) is 6.42 Å². The van der Waals surface area contributed by atoms with Gasteiger partial charge < -0.3 is 76.5 Å². The molecule has 0 spiro atoms. The maximum absolute atomic E-state index is 12.3. The average Bonchev–Trinajstić information content (AvgIpc) is 3.53. The number of fused-ring (bicyclic) bond motifs is 10. The molecule has 11 fully saturated rings. The Bertz CT molecular complexity index is 2610. The standard InChI is InChI=1S/C56H84O22S2.2Na/c1-10-31(57)28(2)12-16-52(5,59)51-30(4)20-40-39(73-51)26-47-56(9,76-40)50(58)49-43(72-47)24-42-48(74-49)29(3)13-17-54(7)45(71-42)27-44-55(8,78-54)18-14-32-33(70-44)21-35-34(67-32)22-36-37(68-35)23-41-38(69-36)25-46(77-80(63,64)65)53(6,75-41)15-11-19-66-79(60,61)62;;/h10,12,16,29,31-51,57-59H,1-2,4,11,13-15,17-27H2,3,5-9H3,(H,60,61,62)(H,63,64,65);;/q;2*+1/p-2/b16-12+;;/t29-,31?,32?,33?,34?,35?,36?,37?,38?,39?,40?,41?,42?,43?,44?,45?,46?,47?,48?,49?,50?,51?,52+,53+,54-,55+,56-;;/m0../s1. The number of aliphatic hydroxyl groups excluding tert-OH is 2. The molecule has 0 aromatic carbocycles. The van der Waals surface area contributed by atoms with Crippen LogP contribution in [-0.4, -0.2) is 204 Å². The van der Waals surface area contributed by atoms with Crippen LogP contribution in [0.3, 0.4) is 0 Å². The molecule has 22 nitrogen and oxygen atoms in total. The molecule has 82 heavy (non-hydrogen) atoms. The van der Waals surface area contributed by atoms with E-state index in [9.17, 15) is 41.3 Å². The Kier molecular flexibility index (Phi) is 20.1. The van der Waals surface area contributed by atoms with Gasteiger partial charge in [-0.05, 0) is 96.6 Å². The number of hydrogen-bond donors (Lipinski definition) is 3. The van der Waals surface area contributed by atoms with Gasteiger partial charge in [0.25, 0.3) is 0 Å². The summed E-state index contributed by atoms with van der Waals surface area (Å²) >= 11 is 0. The quantitative estimate of drug-likeness (QED) is 0.0464. The van der Waals surface area contributed by atoms with Gasteiger partial charge in [-0.1, -0.05) is 38.3 Å². The van der Waals surface area contributed by atoms with E-state index in [1.165, 1.54) is 6.08 Å². The van der Waals surface area contributed by atoms with Crippen LogP contribution in [0.25, 0.3) is 0 Å². The van der Waals surface area contributed by atoms with Gasteiger partial charge in [0.1, 0.15) is 35.6 Å². The molecule has 3 N–H and O–H groups in total. The van der Waals surface area contributed by atoms with Gasteiger partial charge in [-0.2, -0.15) is 0 Å². The Morgan fingerprint density at radius 3 is 1.90 bits per heavy atom. The smallest absolute Gasteiger partial charge is 0.726 e. The van der Waals surface area contributed by atoms with Gasteiger partial charge in [0.15, 0.2) is 0 Å². The minimum Gasteiger partial charge on any atom is -0.726 e. The van der Waals surface area contributed by atoms with Crippen LogP contribution in [0.2, 0.25) is 0 Å². The first-order chi connectivity index (χ1) is 37.4. The first kappa shape index (κ1) is 66.6. The summed E-state index contributed by atoms with van der Waals surface area (Å²) in [4.78, 5) is 0. The second-order valence-electron chi connectivity index (χ2n) is 25.9. The minimum atomic E-state index is -5.17. The van der Waals surface area contributed by atoms with Gasteiger partial charge in [-0.3, -0.25) is 8.37 Å². The Labute approximate surface area is 526 Å². The predicted octanol–water partition coefficient (Wildman–Crippen LogP) is -2.26. The fourth-order valence-corrected chi connectivity index (χ4v) is 16.4. The van der Waals surface area contributed by atoms with E-state index in [1.807, 2.05) is 6.92 Å². The second-order valence-corrected chi connectivity index (χ2v) is 28.0. The van der Waals surface area contributed by atoms with Crippen LogP contribution in [0.1, 0.15) is 131 Å². The van der Waals surface area contributed by atoms with E-state index >= 15 is 0 Å². The molecule has 21 unspecified atom stereocenters. The van der Waals surface area contributed by atoms with E-state index in [4.69, 9.17) is 56.3 Å². The molecule has 0 aromatic rings. The van der Waals surface area contributed by atoms with Crippen molar-refractivity contribution in [2.75, 3.05) is 6.61 Å². The van der Waals surface area contributed by atoms with Gasteiger partial charge in [-0.25, -0.2) is 16.8 Å². The van der Waals surface area contributed by atoms with Crippen LogP contribution >= 0.6 is 0 Å². The topological polar surface area (TPSA) is 295 Å². The van der Waals surface area contributed by atoms with Gasteiger partial charge >= 0.3 is 59.1 Å². The van der Waals surface area contributed by atoms with Crippen molar-refractivity contribution < 1.29 is 161 Å². The molecule has 27 atom stereocenters. The number of ether oxygens (including phenoxy) is 11. The zero-order valence-corrected chi connectivity index (χ0v) is 54.2. The second kappa shape index (κ2) is 24.7. The largest absolute Gasteiger partial charge is 1.00 e. The van der Waals surface area contributed by atoms with E-state index < -0.39 is 141 Å². The van der Waals surface area contributed by atoms with Crippen molar-refractivity contribution in [3.8, 4) is 0 Å². The fourth-order valence-electron chi connectivity index (χ4n) is 15.5. The summed E-state index contributed by atoms with van der Waals surface area (Å²) in [5.74, 6) is 0.0494. The Morgan fingerprint density at radius 1 is 0.720 bits per heavy atom. The van der Waals surface area contributed by atoms with Crippen LogP contribution in [0.4, 0.5) is 0 Å². The van der Waals surface area contributed by atoms with Crippen LogP contribution in [0.15, 0.2) is 49.1 Å². The summed E-state index contributed by atoms with van der Waals surface area (Å²) in [5.41, 5.74) is -4.31. The third-order valence-electron chi connectivity index (χ3n) is 20.0. The molecule has 0 radical (unpaired) electrons. The maximum Gasteiger partial charge on any atom is 1.00 e. The Morgan fingerprint density at radius 2 is 1.27 bits per heavy atom. The molecule has 11 aliphatic rings. The zero-order valence-electron chi connectivity index (χ0n) is 48.6. The fraction of sp³-hybridized carbons (Fsp3) is 0.857. The summed E-state index contributed by atoms with van der Waals surface area (Å²) < 4.78 is 154. The average molecular weight is 1220 g/mol. The number of rotatable bonds is 12. The van der Waals surface area contributed by atoms with Gasteiger partial charge in [0.2, 0.25) is 20.8 Å². The van der Waals surface area contributed by atoms with Gasteiger partial charge in [-0.15, -0.1) is 6.58 Å². The molecule has 452 valence electrons. The summed E-state index contributed by atoms with van der Waals surface area (Å²) in [7, 11) is -10.1. The molecule has 11 saturated heterocycles. The third-order valence-corrected chi connectivity index (χ3v) is 20.9. The summed E-state index contributed by atoms with van der Waals surface area (Å²) in [5, 5.41) is 34.1. The molecule has 0 bridgehead atoms. The van der Waals surface area contributed by atoms with Gasteiger partial charge in [0, 0.05) is 44.9 Å². The molecule has 0 saturated carbocycles. The van der Waals surface area contributed by atoms with Crippen molar-refractivity contribution in [2.45, 2.75) is 288 Å². The molecular weight excluding hydrogens is 1130 g/mol. The molecule has 0 amide bonds. The molecule has 11 aliphatic heterocycles. The van der Waals surface area contributed by atoms with Crippen molar-refractivity contribution in [2.24, 2.45) is 5.92 Å². The SMILES string of the molecule is C=CC(O)C(=C)/C=C/[C@@](C)(O)C1OC2CC3OC4CC5OC6CC7OC8CC9OC%10CC%11O[C@](C)(CCCOS(=O)(=O)[O-])C(OS(=O)(=O)[O-])CC%11OC%10CC9OC8CC[C@@]7(C)O[C@@]6(C)CC[C@H](C)C5OC4C(O)[C@@]3(C)OC2CC1=C.[Na+].[Na+]. The van der Waals surface area contributed by atoms with E-state index in [-0.39, 0.29) is 127 Å². The molecule has 11 rings (SSSR count). The van der Waals surface area contributed by atoms with Crippen molar-refractivity contribution in [3.05, 3.63) is 49.1 Å². The maximum atomic E-state index is 12.3. The zero-order chi connectivity index (χ0) is 57.3. The Balaban J connectivity index is 0.00000405. The van der Waals surface area contributed by atoms with E-state index in [1.54, 1.807) is 26.0 Å². The normalized spacial score (nSPS) is 49.2. The van der Waals surface area contributed by atoms with Gasteiger partial charge in [0.05, 0.1) is 127 Å². The minimum absolute atomic E-state index is 0. The molecular formula is C56H82Na2O22S2. The van der Waals surface area contributed by atoms with Crippen molar-refractivity contribution in [1.82, 2.24) is 0 Å². The Hall–Kier alpha value is 0.140. The first-order valence-electron chi connectivity index (χ1n) is 28.8. The third kappa shape index (κ3) is 13.3. The predicted molar refractivity (Wildman–Crippen MR) is 278 cm³/mol. The van der Waals surface area contributed by atoms with E-state index in [2.05, 4.69) is 44.7 Å². The molecule has 0 aromatic heterocycles. The number of aliphatic hydroxyl groups is 3.